The summed E-state index contributed by atoms with van der Waals surface area (Å²) in [5.74, 6) is 1.55. The van der Waals surface area contributed by atoms with Gasteiger partial charge in [0, 0.05) is 31.1 Å². The van der Waals surface area contributed by atoms with E-state index in [0.717, 1.165) is 62.1 Å². The summed E-state index contributed by atoms with van der Waals surface area (Å²) in [6.07, 6.45) is 2.94. The molecule has 1 aromatic heterocycles. The number of nitrogens with zero attached hydrogens (tertiary/aromatic N) is 4. The summed E-state index contributed by atoms with van der Waals surface area (Å²) in [7, 11) is 0. The fourth-order valence-corrected chi connectivity index (χ4v) is 6.99. The third kappa shape index (κ3) is 4.61. The van der Waals surface area contributed by atoms with Crippen LogP contribution in [-0.4, -0.2) is 20.7 Å². The van der Waals surface area contributed by atoms with E-state index in [9.17, 15) is 0 Å². The fourth-order valence-electron chi connectivity index (χ4n) is 4.87. The van der Waals surface area contributed by atoms with E-state index in [0.29, 0.717) is 15.9 Å². The maximum Gasteiger partial charge on any atom is 0.175 e. The molecule has 188 valence electrons. The third-order valence-corrected chi connectivity index (χ3v) is 9.31. The van der Waals surface area contributed by atoms with Crippen molar-refractivity contribution in [3.8, 4) is 16.9 Å². The number of aromatic nitrogens is 2. The van der Waals surface area contributed by atoms with Crippen molar-refractivity contribution in [3.63, 3.8) is 0 Å². The molecular weight excluding hydrogens is 611 g/mol. The van der Waals surface area contributed by atoms with Crippen LogP contribution < -0.4 is 5.01 Å². The van der Waals surface area contributed by atoms with Crippen LogP contribution in [0.15, 0.2) is 76.3 Å². The highest BCUT2D eigenvalue weighted by atomic mass is 79.9. The second-order valence-electron chi connectivity index (χ2n) is 9.19. The molecule has 37 heavy (non-hydrogen) atoms. The highest BCUT2D eigenvalue weighted by Gasteiger charge is 2.51. The maximum absolute atomic E-state index is 6.68. The number of hydrazone groups is 1. The van der Waals surface area contributed by atoms with Gasteiger partial charge in [0.2, 0.25) is 0 Å². The SMILES string of the molecule is CCc1c(N2CSC(C3(c4cccc(Cl)c4)CC3)=N2)nn(-c2ccc(Cl)cc2Cl)c1-c1ccc(Br)cc1. The van der Waals surface area contributed by atoms with Crippen molar-refractivity contribution >= 4 is 73.4 Å². The molecule has 0 atom stereocenters. The predicted octanol–water partition coefficient (Wildman–Crippen LogP) is 9.38. The normalized spacial score (nSPS) is 16.2. The van der Waals surface area contributed by atoms with Crippen LogP contribution in [0.4, 0.5) is 5.82 Å². The lowest BCUT2D eigenvalue weighted by Crippen LogP contribution is -2.17. The molecule has 1 fully saturated rings. The van der Waals surface area contributed by atoms with Crippen molar-refractivity contribution in [1.29, 1.82) is 0 Å². The summed E-state index contributed by atoms with van der Waals surface area (Å²) >= 11 is 24.6. The van der Waals surface area contributed by atoms with Crippen LogP contribution in [0.1, 0.15) is 30.9 Å². The van der Waals surface area contributed by atoms with Gasteiger partial charge in [-0.05, 0) is 67.3 Å². The van der Waals surface area contributed by atoms with Gasteiger partial charge in [-0.25, -0.2) is 9.69 Å². The highest BCUT2D eigenvalue weighted by molar-refractivity contribution is 9.10. The molecule has 4 aromatic rings. The third-order valence-electron chi connectivity index (χ3n) is 6.89. The van der Waals surface area contributed by atoms with Crippen LogP contribution >= 0.6 is 62.5 Å². The minimum atomic E-state index is -0.0483. The van der Waals surface area contributed by atoms with Crippen molar-refractivity contribution in [2.75, 3.05) is 10.9 Å². The number of rotatable bonds is 6. The summed E-state index contributed by atoms with van der Waals surface area (Å²) in [5, 5.41) is 15.3. The minimum absolute atomic E-state index is 0.0483. The van der Waals surface area contributed by atoms with Gasteiger partial charge in [0.1, 0.15) is 5.04 Å². The van der Waals surface area contributed by atoms with Crippen molar-refractivity contribution < 1.29 is 0 Å². The second-order valence-corrected chi connectivity index (χ2v) is 12.3. The Balaban J connectivity index is 1.47. The molecule has 0 bridgehead atoms. The Hall–Kier alpha value is -1.96. The number of hydrogen-bond acceptors (Lipinski definition) is 4. The molecular formula is C28H22BrCl3N4S. The monoisotopic (exact) mass is 630 g/mol. The van der Waals surface area contributed by atoms with Gasteiger partial charge in [-0.2, -0.15) is 5.10 Å². The maximum atomic E-state index is 6.68. The van der Waals surface area contributed by atoms with Crippen molar-refractivity contribution in [3.05, 3.63) is 97.4 Å². The van der Waals surface area contributed by atoms with Crippen LogP contribution in [-0.2, 0) is 11.8 Å². The van der Waals surface area contributed by atoms with E-state index < -0.39 is 0 Å². The molecule has 2 heterocycles. The van der Waals surface area contributed by atoms with E-state index in [1.807, 2.05) is 46.1 Å². The standard InChI is InChI=1S/C28H22BrCl3N4S/c1-2-22-25(17-6-8-19(29)9-7-17)36(24-11-10-21(31)15-23(24)32)33-26(22)35-16-37-27(34-35)28(12-13-28)18-4-3-5-20(30)14-18/h3-11,14-15H,2,12-13,16H2,1H3. The topological polar surface area (TPSA) is 33.4 Å². The number of hydrogen-bond donors (Lipinski definition) is 0. The predicted molar refractivity (Wildman–Crippen MR) is 161 cm³/mol. The van der Waals surface area contributed by atoms with Crippen LogP contribution in [0.2, 0.25) is 15.1 Å². The van der Waals surface area contributed by atoms with Gasteiger partial charge >= 0.3 is 0 Å². The molecule has 0 radical (unpaired) electrons. The summed E-state index contributed by atoms with van der Waals surface area (Å²) < 4.78 is 2.95. The van der Waals surface area contributed by atoms with Gasteiger partial charge in [0.25, 0.3) is 0 Å². The largest absolute Gasteiger partial charge is 0.235 e. The van der Waals surface area contributed by atoms with Crippen LogP contribution in [0, 0.1) is 0 Å². The molecule has 4 nitrogen and oxygen atoms in total. The zero-order valence-corrected chi connectivity index (χ0v) is 24.6. The van der Waals surface area contributed by atoms with E-state index in [1.165, 1.54) is 5.56 Å². The first-order valence-corrected chi connectivity index (χ1v) is 14.9. The lowest BCUT2D eigenvalue weighted by molar-refractivity contribution is 0.851. The number of thioether (sulfide) groups is 1. The van der Waals surface area contributed by atoms with Crippen LogP contribution in [0.5, 0.6) is 0 Å². The zero-order valence-electron chi connectivity index (χ0n) is 19.9. The van der Waals surface area contributed by atoms with Gasteiger partial charge in [-0.15, -0.1) is 5.10 Å². The average molecular weight is 633 g/mol. The second kappa shape index (κ2) is 9.97. The molecule has 0 saturated heterocycles. The number of benzene rings is 3. The zero-order chi connectivity index (χ0) is 25.7. The molecule has 3 aromatic carbocycles. The molecule has 0 amide bonds. The van der Waals surface area contributed by atoms with Crippen molar-refractivity contribution in [2.24, 2.45) is 5.10 Å². The van der Waals surface area contributed by atoms with Gasteiger partial charge < -0.3 is 0 Å². The summed E-state index contributed by atoms with van der Waals surface area (Å²) in [4.78, 5) is 0. The van der Waals surface area contributed by atoms with Crippen LogP contribution in [0.3, 0.4) is 0 Å². The Morgan fingerprint density at radius 1 is 0.973 bits per heavy atom. The Kier molecular flexibility index (Phi) is 6.83. The highest BCUT2D eigenvalue weighted by Crippen LogP contribution is 2.54. The van der Waals surface area contributed by atoms with Gasteiger partial charge in [-0.3, -0.25) is 0 Å². The van der Waals surface area contributed by atoms with Gasteiger partial charge in [-0.1, -0.05) is 93.7 Å². The molecule has 9 heteroatoms. The Morgan fingerprint density at radius 2 is 1.73 bits per heavy atom. The van der Waals surface area contributed by atoms with E-state index >= 15 is 0 Å². The lowest BCUT2D eigenvalue weighted by atomic mass is 9.97. The Bertz CT molecular complexity index is 1530. The molecule has 0 N–H and O–H groups in total. The molecule has 6 rings (SSSR count). The summed E-state index contributed by atoms with van der Waals surface area (Å²) in [5.41, 5.74) is 5.13. The van der Waals surface area contributed by atoms with E-state index in [1.54, 1.807) is 17.8 Å². The molecule has 1 saturated carbocycles. The first-order chi connectivity index (χ1) is 17.9. The number of halogens is 4. The first kappa shape index (κ1) is 25.3. The van der Waals surface area contributed by atoms with Crippen molar-refractivity contribution in [1.82, 2.24) is 9.78 Å². The van der Waals surface area contributed by atoms with E-state index in [2.05, 4.69) is 47.1 Å². The molecule has 1 aliphatic carbocycles. The Labute approximate surface area is 243 Å². The average Bonchev–Trinajstić information content (AvgIpc) is 3.38. The molecule has 0 unspecified atom stereocenters. The minimum Gasteiger partial charge on any atom is -0.235 e. The van der Waals surface area contributed by atoms with Crippen molar-refractivity contribution in [2.45, 2.75) is 31.6 Å². The fraction of sp³-hybridized carbons (Fsp3) is 0.214. The van der Waals surface area contributed by atoms with E-state index in [4.69, 9.17) is 45.0 Å². The number of anilines is 1. The molecule has 1 aliphatic heterocycles. The van der Waals surface area contributed by atoms with E-state index in [-0.39, 0.29) is 5.41 Å². The Morgan fingerprint density at radius 3 is 2.41 bits per heavy atom. The lowest BCUT2D eigenvalue weighted by Gasteiger charge is -2.15. The quantitative estimate of drug-likeness (QED) is 0.212. The molecule has 2 aliphatic rings. The molecule has 0 spiro atoms. The summed E-state index contributed by atoms with van der Waals surface area (Å²) in [6.45, 7) is 2.15. The van der Waals surface area contributed by atoms with Gasteiger partial charge in [0.05, 0.1) is 22.3 Å². The first-order valence-electron chi connectivity index (χ1n) is 12.0. The summed E-state index contributed by atoms with van der Waals surface area (Å²) in [6, 6.07) is 21.9. The smallest absolute Gasteiger partial charge is 0.175 e. The van der Waals surface area contributed by atoms with Gasteiger partial charge in [0.15, 0.2) is 5.82 Å². The van der Waals surface area contributed by atoms with Crippen LogP contribution in [0.25, 0.3) is 16.9 Å².